The highest BCUT2D eigenvalue weighted by Crippen LogP contribution is 2.03. The number of carboxylic acids is 2. The zero-order valence-corrected chi connectivity index (χ0v) is 14.8. The average Bonchev–Trinajstić information content (AvgIpc) is 2.59. The van der Waals surface area contributed by atoms with Gasteiger partial charge in [-0.3, -0.25) is 19.2 Å². The van der Waals surface area contributed by atoms with E-state index in [1.165, 1.54) is 24.3 Å². The van der Waals surface area contributed by atoms with Crippen molar-refractivity contribution in [3.63, 3.8) is 0 Å². The summed E-state index contributed by atoms with van der Waals surface area (Å²) in [5.41, 5.74) is 18.9. The third-order valence-corrected chi connectivity index (χ3v) is 2.61. The van der Waals surface area contributed by atoms with E-state index in [1.807, 2.05) is 0 Å². The number of aromatic carboxylic acids is 2. The average molecular weight is 398 g/mol. The summed E-state index contributed by atoms with van der Waals surface area (Å²) >= 11 is 0. The quantitative estimate of drug-likeness (QED) is 0.301. The third kappa shape index (κ3) is 16.9. The van der Waals surface area contributed by atoms with Crippen LogP contribution in [0, 0.1) is 0 Å². The van der Waals surface area contributed by atoms with Crippen LogP contribution in [0.1, 0.15) is 46.4 Å². The standard InChI is InChI=1S/C8H6O4.2C4H8N2O2/c9-7(10)5-1-2-6(4-3-5)8(11)12;2*5-3(7)1-2-4(6)8/h1-4H,(H,9,10)(H,11,12);2*1-2H2,(H2,5,7)(H2,6,8). The zero-order chi connectivity index (χ0) is 22.3. The molecule has 0 aliphatic carbocycles. The number of amides is 4. The van der Waals surface area contributed by atoms with Crippen molar-refractivity contribution in [3.8, 4) is 0 Å². The fraction of sp³-hybridized carbons (Fsp3) is 0.250. The molecule has 0 atom stereocenters. The van der Waals surface area contributed by atoms with Gasteiger partial charge >= 0.3 is 11.9 Å². The molecule has 1 rings (SSSR count). The first-order valence-electron chi connectivity index (χ1n) is 7.56. The van der Waals surface area contributed by atoms with Crippen molar-refractivity contribution >= 4 is 35.6 Å². The van der Waals surface area contributed by atoms with Gasteiger partial charge in [0.25, 0.3) is 0 Å². The zero-order valence-electron chi connectivity index (χ0n) is 14.8. The van der Waals surface area contributed by atoms with E-state index in [4.69, 9.17) is 33.1 Å². The van der Waals surface area contributed by atoms with E-state index in [9.17, 15) is 28.8 Å². The SMILES string of the molecule is NC(=O)CCC(N)=O.NC(=O)CCC(N)=O.O=C(O)c1ccc(C(=O)O)cc1. The first-order valence-corrected chi connectivity index (χ1v) is 7.56. The van der Waals surface area contributed by atoms with Gasteiger partial charge in [-0.05, 0) is 24.3 Å². The second kappa shape index (κ2) is 14.2. The number of rotatable bonds is 8. The predicted octanol–water partition coefficient (Wildman–Crippen LogP) is -1.44. The Balaban J connectivity index is 0. The molecule has 28 heavy (non-hydrogen) atoms. The van der Waals surface area contributed by atoms with E-state index in [2.05, 4.69) is 0 Å². The molecule has 0 aromatic heterocycles. The topological polar surface area (TPSA) is 247 Å². The first-order chi connectivity index (χ1) is 12.9. The molecule has 0 unspecified atom stereocenters. The van der Waals surface area contributed by atoms with Crippen molar-refractivity contribution in [2.75, 3.05) is 0 Å². The van der Waals surface area contributed by atoms with Gasteiger partial charge in [-0.1, -0.05) is 0 Å². The smallest absolute Gasteiger partial charge is 0.335 e. The second-order valence-electron chi connectivity index (χ2n) is 5.05. The highest BCUT2D eigenvalue weighted by atomic mass is 16.4. The first kappa shape index (κ1) is 26.3. The van der Waals surface area contributed by atoms with Crippen LogP contribution in [0.5, 0.6) is 0 Å². The fourth-order valence-corrected chi connectivity index (χ4v) is 1.25. The normalized spacial score (nSPS) is 8.86. The molecule has 0 spiro atoms. The van der Waals surface area contributed by atoms with Gasteiger partial charge in [-0.25, -0.2) is 9.59 Å². The van der Waals surface area contributed by atoms with E-state index in [0.29, 0.717) is 0 Å². The molecule has 0 fully saturated rings. The number of carboxylic acid groups (broad SMARTS) is 2. The largest absolute Gasteiger partial charge is 0.478 e. The lowest BCUT2D eigenvalue weighted by atomic mass is 10.1. The Morgan fingerprint density at radius 2 is 0.714 bits per heavy atom. The molecule has 0 saturated heterocycles. The van der Waals surface area contributed by atoms with E-state index >= 15 is 0 Å². The van der Waals surface area contributed by atoms with Gasteiger partial charge in [0.2, 0.25) is 23.6 Å². The van der Waals surface area contributed by atoms with Gasteiger partial charge in [-0.15, -0.1) is 0 Å². The monoisotopic (exact) mass is 398 g/mol. The van der Waals surface area contributed by atoms with Crippen molar-refractivity contribution in [1.29, 1.82) is 0 Å². The summed E-state index contributed by atoms with van der Waals surface area (Å²) in [5.74, 6) is -4.11. The lowest BCUT2D eigenvalue weighted by Gasteiger charge is -1.94. The fourth-order valence-electron chi connectivity index (χ4n) is 1.25. The molecule has 1 aromatic carbocycles. The Morgan fingerprint density at radius 3 is 0.821 bits per heavy atom. The van der Waals surface area contributed by atoms with Crippen LogP contribution in [0.3, 0.4) is 0 Å². The molecular formula is C16H22N4O8. The Morgan fingerprint density at radius 1 is 0.536 bits per heavy atom. The van der Waals surface area contributed by atoms with Crippen LogP contribution in [-0.4, -0.2) is 45.8 Å². The van der Waals surface area contributed by atoms with Crippen LogP contribution < -0.4 is 22.9 Å². The van der Waals surface area contributed by atoms with Gasteiger partial charge in [0.05, 0.1) is 11.1 Å². The van der Waals surface area contributed by atoms with Gasteiger partial charge in [0.1, 0.15) is 0 Å². The number of carbonyl (C=O) groups is 6. The van der Waals surface area contributed by atoms with E-state index < -0.39 is 35.6 Å². The molecule has 0 aliphatic heterocycles. The minimum absolute atomic E-state index is 0.0509. The van der Waals surface area contributed by atoms with Crippen LogP contribution in [0.4, 0.5) is 0 Å². The maximum Gasteiger partial charge on any atom is 0.335 e. The molecule has 12 nitrogen and oxygen atoms in total. The van der Waals surface area contributed by atoms with Crippen molar-refractivity contribution in [2.45, 2.75) is 25.7 Å². The third-order valence-electron chi connectivity index (χ3n) is 2.61. The maximum absolute atomic E-state index is 10.3. The lowest BCUT2D eigenvalue weighted by molar-refractivity contribution is -0.123. The molecule has 0 heterocycles. The summed E-state index contributed by atoms with van der Waals surface area (Å²) in [6, 6.07) is 5.02. The summed E-state index contributed by atoms with van der Waals surface area (Å²) in [6.45, 7) is 0. The Hall–Kier alpha value is -3.96. The Bertz CT molecular complexity index is 627. The molecule has 4 amide bonds. The van der Waals surface area contributed by atoms with Crippen LogP contribution in [0.25, 0.3) is 0 Å². The molecule has 10 N–H and O–H groups in total. The van der Waals surface area contributed by atoms with Gasteiger partial charge in [0.15, 0.2) is 0 Å². The number of primary amides is 4. The number of carbonyl (C=O) groups excluding carboxylic acids is 4. The van der Waals surface area contributed by atoms with Gasteiger partial charge in [-0.2, -0.15) is 0 Å². The van der Waals surface area contributed by atoms with Crippen molar-refractivity contribution in [2.24, 2.45) is 22.9 Å². The molecule has 154 valence electrons. The molecule has 0 aliphatic rings. The number of benzene rings is 1. The molecule has 12 heteroatoms. The summed E-state index contributed by atoms with van der Waals surface area (Å²) in [4.78, 5) is 60.3. The van der Waals surface area contributed by atoms with Crippen molar-refractivity contribution < 1.29 is 39.0 Å². The lowest BCUT2D eigenvalue weighted by Crippen LogP contribution is -2.16. The molecule has 1 aromatic rings. The van der Waals surface area contributed by atoms with Crippen molar-refractivity contribution in [3.05, 3.63) is 35.4 Å². The minimum atomic E-state index is -1.06. The second-order valence-corrected chi connectivity index (χ2v) is 5.05. The summed E-state index contributed by atoms with van der Waals surface area (Å²) in [5, 5.41) is 16.9. The van der Waals surface area contributed by atoms with E-state index in [0.717, 1.165) is 0 Å². The summed E-state index contributed by atoms with van der Waals surface area (Å²) in [7, 11) is 0. The van der Waals surface area contributed by atoms with Crippen LogP contribution >= 0.6 is 0 Å². The highest BCUT2D eigenvalue weighted by molar-refractivity contribution is 5.91. The molecule has 0 bridgehead atoms. The minimum Gasteiger partial charge on any atom is -0.478 e. The van der Waals surface area contributed by atoms with E-state index in [-0.39, 0.29) is 36.8 Å². The van der Waals surface area contributed by atoms with E-state index in [1.54, 1.807) is 0 Å². The Kier molecular flexibility index (Phi) is 13.4. The number of nitrogens with two attached hydrogens (primary N) is 4. The molecule has 0 saturated carbocycles. The predicted molar refractivity (Wildman–Crippen MR) is 95.6 cm³/mol. The van der Waals surface area contributed by atoms with Crippen LogP contribution in [0.15, 0.2) is 24.3 Å². The number of hydrogen-bond acceptors (Lipinski definition) is 6. The van der Waals surface area contributed by atoms with Crippen molar-refractivity contribution in [1.82, 2.24) is 0 Å². The highest BCUT2D eigenvalue weighted by Gasteiger charge is 2.04. The Labute approximate surface area is 159 Å². The molecular weight excluding hydrogens is 376 g/mol. The van der Waals surface area contributed by atoms with Gasteiger partial charge in [0, 0.05) is 25.7 Å². The molecule has 0 radical (unpaired) electrons. The maximum atomic E-state index is 10.3. The summed E-state index contributed by atoms with van der Waals surface area (Å²) in [6.07, 6.45) is 0.204. The number of hydrogen-bond donors (Lipinski definition) is 6. The van der Waals surface area contributed by atoms with Crippen LogP contribution in [0.2, 0.25) is 0 Å². The van der Waals surface area contributed by atoms with Gasteiger partial charge < -0.3 is 33.1 Å². The summed E-state index contributed by atoms with van der Waals surface area (Å²) < 4.78 is 0. The van der Waals surface area contributed by atoms with Crippen LogP contribution in [-0.2, 0) is 19.2 Å².